The number of benzene rings is 1. The van der Waals surface area contributed by atoms with Gasteiger partial charge in [0.15, 0.2) is 0 Å². The van der Waals surface area contributed by atoms with E-state index in [9.17, 15) is 5.11 Å². The van der Waals surface area contributed by atoms with Crippen LogP contribution < -0.4 is 0 Å². The molecule has 2 atom stereocenters. The number of β-amino-alcohol motifs (C(OH)–C–C–N with tert-alkyl or cyclic N) is 1. The van der Waals surface area contributed by atoms with Gasteiger partial charge in [0.25, 0.3) is 0 Å². The van der Waals surface area contributed by atoms with Gasteiger partial charge in [-0.1, -0.05) is 24.3 Å². The highest BCUT2D eigenvalue weighted by Crippen LogP contribution is 2.24. The third-order valence-corrected chi connectivity index (χ3v) is 5.34. The minimum Gasteiger partial charge on any atom is -0.391 e. The van der Waals surface area contributed by atoms with Crippen LogP contribution in [0.15, 0.2) is 42.6 Å². The average Bonchev–Trinajstić information content (AvgIpc) is 3.11. The van der Waals surface area contributed by atoms with Gasteiger partial charge in [-0.25, -0.2) is 0 Å². The number of aromatic nitrogens is 3. The van der Waals surface area contributed by atoms with Gasteiger partial charge >= 0.3 is 0 Å². The predicted octanol–water partition coefficient (Wildman–Crippen LogP) is 2.31. The Labute approximate surface area is 147 Å². The SMILES string of the molecule is Cc1c(CN2C[C@@H](Cc3ccc4ccccc4n3)[C@H](O)C2)cnn1C. The van der Waals surface area contributed by atoms with Gasteiger partial charge in [0.1, 0.15) is 0 Å². The molecule has 3 aromatic rings. The molecule has 0 spiro atoms. The fourth-order valence-corrected chi connectivity index (χ4v) is 3.70. The van der Waals surface area contributed by atoms with Crippen LogP contribution in [0.3, 0.4) is 0 Å². The lowest BCUT2D eigenvalue weighted by Gasteiger charge is -2.15. The van der Waals surface area contributed by atoms with Crippen LogP contribution in [0.5, 0.6) is 0 Å². The first-order chi connectivity index (χ1) is 12.1. The number of para-hydroxylation sites is 1. The van der Waals surface area contributed by atoms with Crippen molar-refractivity contribution in [2.24, 2.45) is 13.0 Å². The normalized spacial score (nSPS) is 21.2. The number of likely N-dealkylation sites (tertiary alicyclic amines) is 1. The first-order valence-corrected chi connectivity index (χ1v) is 8.83. The second-order valence-electron chi connectivity index (χ2n) is 7.10. The zero-order chi connectivity index (χ0) is 17.4. The predicted molar refractivity (Wildman–Crippen MR) is 98.2 cm³/mol. The molecule has 1 saturated heterocycles. The van der Waals surface area contributed by atoms with Gasteiger partial charge in [0, 0.05) is 54.9 Å². The fourth-order valence-electron chi connectivity index (χ4n) is 3.70. The van der Waals surface area contributed by atoms with Crippen LogP contribution in [0.4, 0.5) is 0 Å². The summed E-state index contributed by atoms with van der Waals surface area (Å²) < 4.78 is 1.90. The van der Waals surface area contributed by atoms with Crippen LogP contribution in [0.25, 0.3) is 10.9 Å². The smallest absolute Gasteiger partial charge is 0.0711 e. The Morgan fingerprint density at radius 1 is 1.16 bits per heavy atom. The van der Waals surface area contributed by atoms with Gasteiger partial charge in [-0.3, -0.25) is 14.6 Å². The standard InChI is InChI=1S/C20H24N4O/c1-14-17(10-21-23(14)2)12-24-11-16(20(25)13-24)9-18-8-7-15-5-3-4-6-19(15)22-18/h3-8,10,16,20,25H,9,11-13H2,1-2H3/t16-,20-/m1/s1. The average molecular weight is 336 g/mol. The van der Waals surface area contributed by atoms with E-state index in [1.54, 1.807) is 0 Å². The number of hydrogen-bond donors (Lipinski definition) is 1. The number of nitrogens with zero attached hydrogens (tertiary/aromatic N) is 4. The van der Waals surface area contributed by atoms with Crippen molar-refractivity contribution in [3.63, 3.8) is 0 Å². The highest BCUT2D eigenvalue weighted by Gasteiger charge is 2.32. The minimum absolute atomic E-state index is 0.227. The van der Waals surface area contributed by atoms with E-state index < -0.39 is 0 Å². The topological polar surface area (TPSA) is 54.2 Å². The van der Waals surface area contributed by atoms with Crippen molar-refractivity contribution in [1.29, 1.82) is 0 Å². The molecule has 0 aliphatic carbocycles. The molecule has 130 valence electrons. The first kappa shape index (κ1) is 16.2. The van der Waals surface area contributed by atoms with Crippen molar-refractivity contribution >= 4 is 10.9 Å². The summed E-state index contributed by atoms with van der Waals surface area (Å²) >= 11 is 0. The number of hydrogen-bond acceptors (Lipinski definition) is 4. The van der Waals surface area contributed by atoms with Crippen LogP contribution in [0, 0.1) is 12.8 Å². The van der Waals surface area contributed by atoms with E-state index in [1.807, 2.05) is 36.1 Å². The van der Waals surface area contributed by atoms with Gasteiger partial charge in [-0.2, -0.15) is 5.10 Å². The molecule has 0 amide bonds. The first-order valence-electron chi connectivity index (χ1n) is 8.83. The Balaban J connectivity index is 1.44. The molecule has 0 saturated carbocycles. The van der Waals surface area contributed by atoms with Crippen molar-refractivity contribution < 1.29 is 5.11 Å². The van der Waals surface area contributed by atoms with E-state index in [4.69, 9.17) is 4.98 Å². The van der Waals surface area contributed by atoms with E-state index in [-0.39, 0.29) is 12.0 Å². The molecule has 1 aromatic carbocycles. The molecule has 1 N–H and O–H groups in total. The van der Waals surface area contributed by atoms with Crippen LogP contribution in [-0.4, -0.2) is 44.0 Å². The Morgan fingerprint density at radius 2 is 2.00 bits per heavy atom. The molecule has 25 heavy (non-hydrogen) atoms. The lowest BCUT2D eigenvalue weighted by Crippen LogP contribution is -2.21. The zero-order valence-corrected chi connectivity index (χ0v) is 14.8. The maximum Gasteiger partial charge on any atom is 0.0711 e. The molecule has 0 bridgehead atoms. The third kappa shape index (κ3) is 3.30. The Kier molecular flexibility index (Phi) is 4.27. The summed E-state index contributed by atoms with van der Waals surface area (Å²) in [7, 11) is 1.96. The summed E-state index contributed by atoms with van der Waals surface area (Å²) in [5, 5.41) is 16.0. The van der Waals surface area contributed by atoms with E-state index in [0.717, 1.165) is 36.1 Å². The zero-order valence-electron chi connectivity index (χ0n) is 14.8. The summed E-state index contributed by atoms with van der Waals surface area (Å²) in [5.41, 5.74) is 4.51. The van der Waals surface area contributed by atoms with E-state index in [0.29, 0.717) is 6.54 Å². The fraction of sp³-hybridized carbons (Fsp3) is 0.400. The molecule has 5 heteroatoms. The van der Waals surface area contributed by atoms with Crippen LogP contribution >= 0.6 is 0 Å². The summed E-state index contributed by atoms with van der Waals surface area (Å²) in [6.07, 6.45) is 2.44. The Morgan fingerprint density at radius 3 is 2.80 bits per heavy atom. The molecular weight excluding hydrogens is 312 g/mol. The number of aliphatic hydroxyl groups excluding tert-OH is 1. The van der Waals surface area contributed by atoms with Gasteiger partial charge in [-0.15, -0.1) is 0 Å². The van der Waals surface area contributed by atoms with E-state index in [2.05, 4.69) is 35.1 Å². The Bertz CT molecular complexity index is 888. The van der Waals surface area contributed by atoms with Crippen LogP contribution in [-0.2, 0) is 20.0 Å². The van der Waals surface area contributed by atoms with Crippen molar-refractivity contribution in [2.45, 2.75) is 26.0 Å². The summed E-state index contributed by atoms with van der Waals surface area (Å²) in [6, 6.07) is 12.4. The van der Waals surface area contributed by atoms with Gasteiger partial charge in [0.05, 0.1) is 17.8 Å². The molecular formula is C20H24N4O. The third-order valence-electron chi connectivity index (χ3n) is 5.34. The summed E-state index contributed by atoms with van der Waals surface area (Å²) in [5.74, 6) is 0.227. The van der Waals surface area contributed by atoms with Crippen molar-refractivity contribution in [2.75, 3.05) is 13.1 Å². The second kappa shape index (κ2) is 6.58. The summed E-state index contributed by atoms with van der Waals surface area (Å²) in [6.45, 7) is 4.54. The van der Waals surface area contributed by atoms with Crippen LogP contribution in [0.1, 0.15) is 17.0 Å². The maximum atomic E-state index is 10.5. The molecule has 2 aromatic heterocycles. The lowest BCUT2D eigenvalue weighted by molar-refractivity contribution is 0.140. The highest BCUT2D eigenvalue weighted by atomic mass is 16.3. The maximum absolute atomic E-state index is 10.5. The number of aliphatic hydroxyl groups is 1. The highest BCUT2D eigenvalue weighted by molar-refractivity contribution is 5.78. The van der Waals surface area contributed by atoms with Crippen molar-refractivity contribution in [3.8, 4) is 0 Å². The lowest BCUT2D eigenvalue weighted by atomic mass is 9.99. The van der Waals surface area contributed by atoms with E-state index >= 15 is 0 Å². The number of aryl methyl sites for hydroxylation is 1. The molecule has 5 nitrogen and oxygen atoms in total. The molecule has 1 aliphatic heterocycles. The molecule has 4 rings (SSSR count). The molecule has 3 heterocycles. The van der Waals surface area contributed by atoms with Gasteiger partial charge in [0.2, 0.25) is 0 Å². The number of fused-ring (bicyclic) bond motifs is 1. The second-order valence-corrected chi connectivity index (χ2v) is 7.10. The molecule has 1 fully saturated rings. The minimum atomic E-state index is -0.301. The monoisotopic (exact) mass is 336 g/mol. The number of rotatable bonds is 4. The van der Waals surface area contributed by atoms with Crippen molar-refractivity contribution in [1.82, 2.24) is 19.7 Å². The van der Waals surface area contributed by atoms with Gasteiger partial charge in [-0.05, 0) is 25.5 Å². The Hall–Kier alpha value is -2.24. The number of pyridine rings is 1. The molecule has 1 aliphatic rings. The largest absolute Gasteiger partial charge is 0.391 e. The van der Waals surface area contributed by atoms with Crippen LogP contribution in [0.2, 0.25) is 0 Å². The quantitative estimate of drug-likeness (QED) is 0.794. The van der Waals surface area contributed by atoms with Gasteiger partial charge < -0.3 is 5.11 Å². The molecule has 0 unspecified atom stereocenters. The summed E-state index contributed by atoms with van der Waals surface area (Å²) in [4.78, 5) is 7.08. The van der Waals surface area contributed by atoms with E-state index in [1.165, 1.54) is 11.3 Å². The van der Waals surface area contributed by atoms with Crippen molar-refractivity contribution in [3.05, 3.63) is 59.5 Å². The molecule has 0 radical (unpaired) electrons.